The molecule has 24 heavy (non-hydrogen) atoms. The van der Waals surface area contributed by atoms with Crippen molar-refractivity contribution in [1.29, 1.82) is 0 Å². The summed E-state index contributed by atoms with van der Waals surface area (Å²) in [5.74, 6) is -1.04. The fourth-order valence-corrected chi connectivity index (χ4v) is 3.50. The summed E-state index contributed by atoms with van der Waals surface area (Å²) in [6.45, 7) is 5.21. The maximum absolute atomic E-state index is 13.2. The van der Waals surface area contributed by atoms with Gasteiger partial charge in [-0.3, -0.25) is 4.79 Å². The van der Waals surface area contributed by atoms with Crippen LogP contribution in [-0.2, 0) is 10.0 Å². The fraction of sp³-hybridized carbons (Fsp3) is 0.235. The van der Waals surface area contributed by atoms with Gasteiger partial charge in [-0.15, -0.1) is 0 Å². The zero-order valence-corrected chi connectivity index (χ0v) is 14.4. The fourth-order valence-electron chi connectivity index (χ4n) is 2.04. The minimum Gasteiger partial charge on any atom is -0.322 e. The van der Waals surface area contributed by atoms with Gasteiger partial charge in [-0.05, 0) is 57.2 Å². The molecule has 5 nitrogen and oxygen atoms in total. The number of halogens is 1. The molecule has 0 unspecified atom stereocenters. The third-order valence-electron chi connectivity index (χ3n) is 2.93. The van der Waals surface area contributed by atoms with Gasteiger partial charge in [0.15, 0.2) is 0 Å². The second-order valence-electron chi connectivity index (χ2n) is 6.35. The molecule has 2 N–H and O–H groups in total. The van der Waals surface area contributed by atoms with E-state index in [-0.39, 0.29) is 10.5 Å². The van der Waals surface area contributed by atoms with Crippen molar-refractivity contribution >= 4 is 21.6 Å². The van der Waals surface area contributed by atoms with Gasteiger partial charge in [0.25, 0.3) is 5.91 Å². The molecule has 0 aliphatic carbocycles. The van der Waals surface area contributed by atoms with Crippen LogP contribution >= 0.6 is 0 Å². The molecule has 0 aliphatic heterocycles. The zero-order valence-electron chi connectivity index (χ0n) is 13.6. The van der Waals surface area contributed by atoms with E-state index in [0.717, 1.165) is 6.07 Å². The molecular formula is C17H19FN2O3S. The third kappa shape index (κ3) is 4.87. The van der Waals surface area contributed by atoms with Crippen molar-refractivity contribution in [3.8, 4) is 0 Å². The molecule has 0 aliphatic rings. The van der Waals surface area contributed by atoms with E-state index in [4.69, 9.17) is 0 Å². The predicted molar refractivity (Wildman–Crippen MR) is 90.9 cm³/mol. The maximum atomic E-state index is 13.2. The lowest BCUT2D eigenvalue weighted by molar-refractivity contribution is 0.102. The molecule has 0 heterocycles. The second-order valence-corrected chi connectivity index (χ2v) is 8.03. The highest BCUT2D eigenvalue weighted by molar-refractivity contribution is 7.89. The molecule has 2 aromatic carbocycles. The summed E-state index contributed by atoms with van der Waals surface area (Å²) in [6.07, 6.45) is 0. The maximum Gasteiger partial charge on any atom is 0.255 e. The molecule has 0 aromatic heterocycles. The van der Waals surface area contributed by atoms with Crippen molar-refractivity contribution in [1.82, 2.24) is 4.72 Å². The zero-order chi connectivity index (χ0) is 18.0. The van der Waals surface area contributed by atoms with Crippen molar-refractivity contribution < 1.29 is 17.6 Å². The number of hydrogen-bond donors (Lipinski definition) is 2. The Labute approximate surface area is 141 Å². The first-order valence-corrected chi connectivity index (χ1v) is 8.76. The first kappa shape index (κ1) is 18.1. The third-order valence-corrected chi connectivity index (χ3v) is 4.69. The summed E-state index contributed by atoms with van der Waals surface area (Å²) in [6, 6.07) is 11.1. The van der Waals surface area contributed by atoms with Crippen molar-refractivity contribution in [3.05, 3.63) is 59.9 Å². The Balaban J connectivity index is 2.23. The lowest BCUT2D eigenvalue weighted by Gasteiger charge is -2.20. The highest BCUT2D eigenvalue weighted by Crippen LogP contribution is 2.18. The van der Waals surface area contributed by atoms with Gasteiger partial charge in [-0.1, -0.05) is 12.1 Å². The number of carbonyl (C=O) groups is 1. The lowest BCUT2D eigenvalue weighted by atomic mass is 10.1. The van der Waals surface area contributed by atoms with Crippen LogP contribution in [0.1, 0.15) is 31.1 Å². The largest absolute Gasteiger partial charge is 0.322 e. The summed E-state index contributed by atoms with van der Waals surface area (Å²) < 4.78 is 40.4. The highest BCUT2D eigenvalue weighted by Gasteiger charge is 2.22. The summed E-state index contributed by atoms with van der Waals surface area (Å²) >= 11 is 0. The first-order chi connectivity index (χ1) is 11.1. The van der Waals surface area contributed by atoms with E-state index >= 15 is 0 Å². The molecule has 7 heteroatoms. The summed E-state index contributed by atoms with van der Waals surface area (Å²) in [5, 5.41) is 2.56. The van der Waals surface area contributed by atoms with Crippen molar-refractivity contribution in [2.75, 3.05) is 5.32 Å². The van der Waals surface area contributed by atoms with Gasteiger partial charge in [0.2, 0.25) is 10.0 Å². The Hall–Kier alpha value is -2.25. The highest BCUT2D eigenvalue weighted by atomic mass is 32.2. The van der Waals surface area contributed by atoms with E-state index in [0.29, 0.717) is 5.69 Å². The number of anilines is 1. The van der Waals surface area contributed by atoms with Crippen LogP contribution in [0.15, 0.2) is 53.4 Å². The molecule has 2 aromatic rings. The molecule has 0 atom stereocenters. The number of carbonyl (C=O) groups excluding carboxylic acids is 1. The number of hydrogen-bond acceptors (Lipinski definition) is 3. The number of benzene rings is 2. The molecular weight excluding hydrogens is 331 g/mol. The Morgan fingerprint density at radius 1 is 1.04 bits per heavy atom. The second kappa shape index (κ2) is 6.70. The van der Waals surface area contributed by atoms with Gasteiger partial charge in [-0.2, -0.15) is 0 Å². The summed E-state index contributed by atoms with van der Waals surface area (Å²) in [7, 11) is -3.71. The van der Waals surface area contributed by atoms with Gasteiger partial charge in [-0.25, -0.2) is 17.5 Å². The molecule has 0 spiro atoms. The summed E-state index contributed by atoms with van der Waals surface area (Å²) in [4.78, 5) is 12.1. The molecule has 2 rings (SSSR count). The van der Waals surface area contributed by atoms with Crippen molar-refractivity contribution in [2.24, 2.45) is 0 Å². The SMILES string of the molecule is CC(C)(C)NS(=O)(=O)c1cccc(NC(=O)c2cccc(F)c2)c1. The quantitative estimate of drug-likeness (QED) is 0.889. The molecule has 0 radical (unpaired) electrons. The normalized spacial score (nSPS) is 12.0. The van der Waals surface area contributed by atoms with E-state index in [2.05, 4.69) is 10.0 Å². The van der Waals surface area contributed by atoms with Crippen LogP contribution in [0.25, 0.3) is 0 Å². The van der Waals surface area contributed by atoms with Gasteiger partial charge in [0, 0.05) is 16.8 Å². The Kier molecular flexibility index (Phi) is 5.05. The van der Waals surface area contributed by atoms with E-state index in [1.807, 2.05) is 0 Å². The van der Waals surface area contributed by atoms with Crippen LogP contribution in [0.2, 0.25) is 0 Å². The minimum atomic E-state index is -3.71. The van der Waals surface area contributed by atoms with Gasteiger partial charge < -0.3 is 5.32 Å². The monoisotopic (exact) mass is 350 g/mol. The molecule has 0 bridgehead atoms. The molecule has 0 fully saturated rings. The number of rotatable bonds is 4. The Bertz CT molecular complexity index is 858. The average molecular weight is 350 g/mol. The van der Waals surface area contributed by atoms with E-state index in [1.54, 1.807) is 26.8 Å². The predicted octanol–water partition coefficient (Wildman–Crippen LogP) is 3.15. The van der Waals surface area contributed by atoms with Crippen molar-refractivity contribution in [3.63, 3.8) is 0 Å². The Morgan fingerprint density at radius 3 is 2.33 bits per heavy atom. The number of sulfonamides is 1. The summed E-state index contributed by atoms with van der Waals surface area (Å²) in [5.41, 5.74) is -0.170. The minimum absolute atomic E-state index is 0.0365. The average Bonchev–Trinajstić information content (AvgIpc) is 2.45. The van der Waals surface area contributed by atoms with Crippen molar-refractivity contribution in [2.45, 2.75) is 31.2 Å². The van der Waals surface area contributed by atoms with Crippen LogP contribution in [-0.4, -0.2) is 19.9 Å². The Morgan fingerprint density at radius 2 is 1.71 bits per heavy atom. The number of amides is 1. The molecule has 0 saturated heterocycles. The van der Waals surface area contributed by atoms with E-state index in [1.165, 1.54) is 36.4 Å². The molecule has 128 valence electrons. The topological polar surface area (TPSA) is 75.3 Å². The van der Waals surface area contributed by atoms with Crippen LogP contribution in [0.3, 0.4) is 0 Å². The standard InChI is InChI=1S/C17H19FN2O3S/c1-17(2,3)20-24(22,23)15-9-5-8-14(11-15)19-16(21)12-6-4-7-13(18)10-12/h4-11,20H,1-3H3,(H,19,21). The smallest absolute Gasteiger partial charge is 0.255 e. The number of nitrogens with one attached hydrogen (secondary N) is 2. The van der Waals surface area contributed by atoms with Crippen LogP contribution < -0.4 is 10.0 Å². The van der Waals surface area contributed by atoms with E-state index < -0.39 is 27.3 Å². The van der Waals surface area contributed by atoms with E-state index in [9.17, 15) is 17.6 Å². The van der Waals surface area contributed by atoms with Gasteiger partial charge in [0.1, 0.15) is 5.82 Å². The first-order valence-electron chi connectivity index (χ1n) is 7.28. The van der Waals surface area contributed by atoms with Gasteiger partial charge in [0.05, 0.1) is 4.90 Å². The van der Waals surface area contributed by atoms with Crippen LogP contribution in [0, 0.1) is 5.82 Å². The molecule has 0 saturated carbocycles. The van der Waals surface area contributed by atoms with Crippen LogP contribution in [0.5, 0.6) is 0 Å². The molecule has 1 amide bonds. The lowest BCUT2D eigenvalue weighted by Crippen LogP contribution is -2.40. The van der Waals surface area contributed by atoms with Gasteiger partial charge >= 0.3 is 0 Å². The van der Waals surface area contributed by atoms with Crippen LogP contribution in [0.4, 0.5) is 10.1 Å².